The number of amides is 1. The van der Waals surface area contributed by atoms with Gasteiger partial charge in [0.25, 0.3) is 5.91 Å². The zero-order valence-corrected chi connectivity index (χ0v) is 18.7. The predicted octanol–water partition coefficient (Wildman–Crippen LogP) is 3.24. The smallest absolute Gasteiger partial charge is 0.314 e. The van der Waals surface area contributed by atoms with E-state index >= 15 is 0 Å². The van der Waals surface area contributed by atoms with Gasteiger partial charge in [-0.05, 0) is 56.9 Å². The van der Waals surface area contributed by atoms with E-state index in [0.717, 1.165) is 30.6 Å². The van der Waals surface area contributed by atoms with E-state index in [0.29, 0.717) is 44.0 Å². The van der Waals surface area contributed by atoms with Crippen molar-refractivity contribution >= 4 is 11.9 Å². The lowest BCUT2D eigenvalue weighted by Crippen LogP contribution is -2.53. The minimum atomic E-state index is -0.862. The molecule has 0 unspecified atom stereocenters. The zero-order chi connectivity index (χ0) is 22.6. The molecule has 2 fully saturated rings. The number of methoxy groups -OCH3 is 1. The van der Waals surface area contributed by atoms with Gasteiger partial charge in [-0.1, -0.05) is 5.16 Å². The highest BCUT2D eigenvalue weighted by molar-refractivity contribution is 5.83. The highest BCUT2D eigenvalue weighted by Gasteiger charge is 2.46. The normalized spacial score (nSPS) is 23.2. The monoisotopic (exact) mass is 442 g/mol. The van der Waals surface area contributed by atoms with Crippen molar-refractivity contribution in [2.75, 3.05) is 33.4 Å². The summed E-state index contributed by atoms with van der Waals surface area (Å²) >= 11 is 0. The van der Waals surface area contributed by atoms with Gasteiger partial charge in [0.05, 0.1) is 19.1 Å². The number of benzene rings is 1. The molecule has 8 nitrogen and oxygen atoms in total. The summed E-state index contributed by atoms with van der Waals surface area (Å²) in [6.45, 7) is 3.60. The second-order valence-corrected chi connectivity index (χ2v) is 8.45. The minimum Gasteiger partial charge on any atom is -0.497 e. The highest BCUT2D eigenvalue weighted by Crippen LogP contribution is 2.37. The molecular weight excluding hydrogens is 412 g/mol. The third kappa shape index (κ3) is 4.65. The van der Waals surface area contributed by atoms with Crippen LogP contribution < -0.4 is 4.74 Å². The number of piperidine rings is 1. The Morgan fingerprint density at radius 1 is 1.25 bits per heavy atom. The van der Waals surface area contributed by atoms with Gasteiger partial charge in [0.2, 0.25) is 0 Å². The summed E-state index contributed by atoms with van der Waals surface area (Å²) in [5, 5.41) is 4.19. The summed E-state index contributed by atoms with van der Waals surface area (Å²) in [6.07, 6.45) is 2.88. The Morgan fingerprint density at radius 3 is 2.75 bits per heavy atom. The standard InChI is InChI=1S/C24H30N2O6/c1-3-30-23(28)24(11-5-12-26(16-24)22(27)21-6-4-13-31-21)15-19-14-20(25-32-19)17-7-9-18(29-2)10-8-17/h7-10,14,21H,3-6,11-13,15-16H2,1-2H3/t21-,24-/m1/s1. The molecule has 0 aliphatic carbocycles. The molecule has 172 valence electrons. The lowest BCUT2D eigenvalue weighted by molar-refractivity contribution is -0.162. The van der Waals surface area contributed by atoms with Crippen LogP contribution in [0.15, 0.2) is 34.9 Å². The third-order valence-corrected chi connectivity index (χ3v) is 6.26. The summed E-state index contributed by atoms with van der Waals surface area (Å²) < 4.78 is 21.8. The molecule has 0 N–H and O–H groups in total. The molecule has 2 aliphatic heterocycles. The van der Waals surface area contributed by atoms with Crippen molar-refractivity contribution in [2.45, 2.75) is 45.1 Å². The molecular formula is C24H30N2O6. The number of esters is 1. The van der Waals surface area contributed by atoms with Crippen LogP contribution in [0.4, 0.5) is 0 Å². The topological polar surface area (TPSA) is 91.1 Å². The maximum absolute atomic E-state index is 13.1. The maximum Gasteiger partial charge on any atom is 0.314 e. The van der Waals surface area contributed by atoms with Gasteiger partial charge in [-0.15, -0.1) is 0 Å². The summed E-state index contributed by atoms with van der Waals surface area (Å²) in [4.78, 5) is 27.8. The zero-order valence-electron chi connectivity index (χ0n) is 18.7. The number of rotatable bonds is 7. The van der Waals surface area contributed by atoms with Gasteiger partial charge in [0, 0.05) is 37.7 Å². The highest BCUT2D eigenvalue weighted by atomic mass is 16.5. The molecule has 2 atom stereocenters. The number of aromatic nitrogens is 1. The van der Waals surface area contributed by atoms with Crippen molar-refractivity contribution in [1.29, 1.82) is 0 Å². The summed E-state index contributed by atoms with van der Waals surface area (Å²) in [7, 11) is 1.62. The fourth-order valence-electron chi connectivity index (χ4n) is 4.59. The first-order valence-electron chi connectivity index (χ1n) is 11.2. The Kier molecular flexibility index (Phi) is 6.79. The Morgan fingerprint density at radius 2 is 2.06 bits per heavy atom. The van der Waals surface area contributed by atoms with Crippen LogP contribution in [0.25, 0.3) is 11.3 Å². The average Bonchev–Trinajstić information content (AvgIpc) is 3.51. The molecule has 4 rings (SSSR count). The molecule has 0 saturated carbocycles. The first-order chi connectivity index (χ1) is 15.5. The maximum atomic E-state index is 13.1. The van der Waals surface area contributed by atoms with Crippen molar-refractivity contribution in [2.24, 2.45) is 5.41 Å². The van der Waals surface area contributed by atoms with E-state index in [4.69, 9.17) is 18.7 Å². The summed E-state index contributed by atoms with van der Waals surface area (Å²) in [5.41, 5.74) is 0.716. The largest absolute Gasteiger partial charge is 0.497 e. The first-order valence-corrected chi connectivity index (χ1v) is 11.2. The van der Waals surface area contributed by atoms with Gasteiger partial charge < -0.3 is 23.6 Å². The van der Waals surface area contributed by atoms with E-state index < -0.39 is 11.5 Å². The van der Waals surface area contributed by atoms with Crippen LogP contribution in [0.2, 0.25) is 0 Å². The van der Waals surface area contributed by atoms with Gasteiger partial charge >= 0.3 is 5.97 Å². The fraction of sp³-hybridized carbons (Fsp3) is 0.542. The Bertz CT molecular complexity index is 934. The van der Waals surface area contributed by atoms with Crippen molar-refractivity contribution in [3.8, 4) is 17.0 Å². The van der Waals surface area contributed by atoms with Crippen LogP contribution in [0.1, 0.15) is 38.4 Å². The van der Waals surface area contributed by atoms with Gasteiger partial charge in [-0.2, -0.15) is 0 Å². The third-order valence-electron chi connectivity index (χ3n) is 6.26. The van der Waals surface area contributed by atoms with Gasteiger partial charge in [0.15, 0.2) is 0 Å². The van der Waals surface area contributed by atoms with Crippen LogP contribution >= 0.6 is 0 Å². The van der Waals surface area contributed by atoms with E-state index in [1.54, 1.807) is 18.9 Å². The van der Waals surface area contributed by atoms with E-state index in [-0.39, 0.29) is 18.5 Å². The number of likely N-dealkylation sites (tertiary alicyclic amines) is 1. The van der Waals surface area contributed by atoms with Gasteiger partial charge in [0.1, 0.15) is 23.3 Å². The average molecular weight is 443 g/mol. The molecule has 1 amide bonds. The molecule has 1 aromatic carbocycles. The second kappa shape index (κ2) is 9.73. The van der Waals surface area contributed by atoms with E-state index in [1.165, 1.54) is 0 Å². The molecule has 2 aromatic rings. The Labute approximate surface area is 187 Å². The minimum absolute atomic E-state index is 0.0348. The van der Waals surface area contributed by atoms with Crippen LogP contribution in [-0.4, -0.2) is 61.5 Å². The number of hydrogen-bond donors (Lipinski definition) is 0. The number of carbonyl (C=O) groups excluding carboxylic acids is 2. The van der Waals surface area contributed by atoms with Gasteiger partial charge in [-0.3, -0.25) is 9.59 Å². The lowest BCUT2D eigenvalue weighted by atomic mass is 9.76. The van der Waals surface area contributed by atoms with Crippen molar-refractivity contribution in [1.82, 2.24) is 10.1 Å². The quantitative estimate of drug-likeness (QED) is 0.608. The van der Waals surface area contributed by atoms with Crippen molar-refractivity contribution < 1.29 is 28.3 Å². The van der Waals surface area contributed by atoms with Crippen LogP contribution in [0.5, 0.6) is 5.75 Å². The van der Waals surface area contributed by atoms with Crippen molar-refractivity contribution in [3.05, 3.63) is 36.1 Å². The summed E-state index contributed by atoms with van der Waals surface area (Å²) in [6, 6.07) is 9.39. The molecule has 2 saturated heterocycles. The summed E-state index contributed by atoms with van der Waals surface area (Å²) in [5.74, 6) is 1.02. The Balaban J connectivity index is 1.54. The lowest BCUT2D eigenvalue weighted by Gasteiger charge is -2.41. The predicted molar refractivity (Wildman–Crippen MR) is 116 cm³/mol. The SMILES string of the molecule is CCOC(=O)[C@@]1(Cc2cc(-c3ccc(OC)cc3)no2)CCCN(C(=O)[C@H]2CCCO2)C1. The van der Waals surface area contributed by atoms with Crippen LogP contribution in [-0.2, 0) is 25.5 Å². The van der Waals surface area contributed by atoms with E-state index in [1.807, 2.05) is 30.3 Å². The Hall–Kier alpha value is -2.87. The van der Waals surface area contributed by atoms with Crippen LogP contribution in [0, 0.1) is 5.41 Å². The van der Waals surface area contributed by atoms with E-state index in [9.17, 15) is 9.59 Å². The van der Waals surface area contributed by atoms with Gasteiger partial charge in [-0.25, -0.2) is 0 Å². The number of nitrogens with zero attached hydrogens (tertiary/aromatic N) is 2. The molecule has 0 bridgehead atoms. The van der Waals surface area contributed by atoms with Crippen molar-refractivity contribution in [3.63, 3.8) is 0 Å². The number of hydrogen-bond acceptors (Lipinski definition) is 7. The molecule has 3 heterocycles. The molecule has 1 aromatic heterocycles. The molecule has 2 aliphatic rings. The molecule has 8 heteroatoms. The fourth-order valence-corrected chi connectivity index (χ4v) is 4.59. The number of carbonyl (C=O) groups is 2. The second-order valence-electron chi connectivity index (χ2n) is 8.45. The first kappa shape index (κ1) is 22.3. The van der Waals surface area contributed by atoms with Crippen LogP contribution in [0.3, 0.4) is 0 Å². The molecule has 0 spiro atoms. The van der Waals surface area contributed by atoms with E-state index in [2.05, 4.69) is 5.16 Å². The molecule has 32 heavy (non-hydrogen) atoms. The molecule has 0 radical (unpaired) electrons. The number of ether oxygens (including phenoxy) is 3.